The second-order valence-electron chi connectivity index (χ2n) is 4.14. The van der Waals surface area contributed by atoms with Crippen LogP contribution in [0, 0.1) is 0 Å². The van der Waals surface area contributed by atoms with Crippen LogP contribution >= 0.6 is 0 Å². The van der Waals surface area contributed by atoms with Gasteiger partial charge in [0.25, 0.3) is 0 Å². The molecule has 3 heteroatoms. The summed E-state index contributed by atoms with van der Waals surface area (Å²) in [6.45, 7) is 2.92. The van der Waals surface area contributed by atoms with Crippen molar-refractivity contribution in [2.45, 2.75) is 19.3 Å². The van der Waals surface area contributed by atoms with Crippen LogP contribution in [0.1, 0.15) is 29.6 Å². The molecule has 0 aromatic heterocycles. The fourth-order valence-electron chi connectivity index (χ4n) is 1.90. The third-order valence-electron chi connectivity index (χ3n) is 2.88. The molecule has 0 radical (unpaired) electrons. The molecule has 0 spiro atoms. The summed E-state index contributed by atoms with van der Waals surface area (Å²) < 4.78 is 5.65. The number of hydrogen-bond acceptors (Lipinski definition) is 3. The van der Waals surface area contributed by atoms with Crippen LogP contribution in [0.5, 0.6) is 5.75 Å². The highest BCUT2D eigenvalue weighted by Crippen LogP contribution is 2.13. The fraction of sp³-hybridized carbons (Fsp3) is 0.462. The lowest BCUT2D eigenvalue weighted by Crippen LogP contribution is -2.33. The van der Waals surface area contributed by atoms with Crippen LogP contribution in [0.15, 0.2) is 24.3 Å². The SMILES string of the molecule is O=Cc1ccc(OCN2CCCCC2)cc1. The molecule has 0 unspecified atom stereocenters. The Kier molecular flexibility index (Phi) is 3.94. The van der Waals surface area contributed by atoms with Gasteiger partial charge in [0.05, 0.1) is 0 Å². The van der Waals surface area contributed by atoms with Gasteiger partial charge in [-0.3, -0.25) is 9.69 Å². The summed E-state index contributed by atoms with van der Waals surface area (Å²) in [6.07, 6.45) is 4.72. The van der Waals surface area contributed by atoms with E-state index in [0.29, 0.717) is 12.3 Å². The van der Waals surface area contributed by atoms with Gasteiger partial charge < -0.3 is 4.74 Å². The molecule has 0 amide bonds. The van der Waals surface area contributed by atoms with E-state index in [1.165, 1.54) is 19.3 Å². The molecule has 3 nitrogen and oxygen atoms in total. The van der Waals surface area contributed by atoms with Crippen LogP contribution in [-0.2, 0) is 0 Å². The molecule has 2 rings (SSSR count). The number of carbonyl (C=O) groups excluding carboxylic acids is 1. The van der Waals surface area contributed by atoms with Crippen molar-refractivity contribution in [3.05, 3.63) is 29.8 Å². The third kappa shape index (κ3) is 3.07. The second-order valence-corrected chi connectivity index (χ2v) is 4.14. The quantitative estimate of drug-likeness (QED) is 0.728. The van der Waals surface area contributed by atoms with Crippen LogP contribution in [-0.4, -0.2) is 31.0 Å². The molecular formula is C13H17NO2. The lowest BCUT2D eigenvalue weighted by atomic mass is 10.1. The Hall–Kier alpha value is -1.35. The van der Waals surface area contributed by atoms with Crippen molar-refractivity contribution in [3.8, 4) is 5.75 Å². The summed E-state index contributed by atoms with van der Waals surface area (Å²) in [6, 6.07) is 7.23. The Bertz CT molecular complexity index is 328. The Labute approximate surface area is 96.0 Å². The van der Waals surface area contributed by atoms with Crippen molar-refractivity contribution < 1.29 is 9.53 Å². The number of carbonyl (C=O) groups is 1. The molecule has 0 N–H and O–H groups in total. The summed E-state index contributed by atoms with van der Waals surface area (Å²) in [5.74, 6) is 0.830. The molecule has 16 heavy (non-hydrogen) atoms. The van der Waals surface area contributed by atoms with Gasteiger partial charge in [-0.15, -0.1) is 0 Å². The van der Waals surface area contributed by atoms with Crippen LogP contribution in [0.25, 0.3) is 0 Å². The smallest absolute Gasteiger partial charge is 0.150 e. The van der Waals surface area contributed by atoms with E-state index in [9.17, 15) is 4.79 Å². The Balaban J connectivity index is 1.81. The first-order valence-electron chi connectivity index (χ1n) is 5.79. The Morgan fingerprint density at radius 2 is 1.81 bits per heavy atom. The molecule has 1 aromatic carbocycles. The van der Waals surface area contributed by atoms with E-state index in [1.54, 1.807) is 12.1 Å². The normalized spacial score (nSPS) is 17.0. The zero-order valence-corrected chi connectivity index (χ0v) is 9.39. The van der Waals surface area contributed by atoms with Crippen molar-refractivity contribution >= 4 is 6.29 Å². The topological polar surface area (TPSA) is 29.5 Å². The van der Waals surface area contributed by atoms with Gasteiger partial charge in [-0.05, 0) is 37.1 Å². The highest BCUT2D eigenvalue weighted by molar-refractivity contribution is 5.74. The first-order chi connectivity index (χ1) is 7.88. The monoisotopic (exact) mass is 219 g/mol. The summed E-state index contributed by atoms with van der Waals surface area (Å²) in [5, 5.41) is 0. The first-order valence-corrected chi connectivity index (χ1v) is 5.79. The lowest BCUT2D eigenvalue weighted by molar-refractivity contribution is 0.106. The summed E-state index contributed by atoms with van der Waals surface area (Å²) in [4.78, 5) is 12.8. The fourth-order valence-corrected chi connectivity index (χ4v) is 1.90. The van der Waals surface area contributed by atoms with Crippen LogP contribution in [0.2, 0.25) is 0 Å². The number of rotatable bonds is 4. The van der Waals surface area contributed by atoms with E-state index in [-0.39, 0.29) is 0 Å². The van der Waals surface area contributed by atoms with Crippen molar-refractivity contribution in [2.24, 2.45) is 0 Å². The Morgan fingerprint density at radius 3 is 2.44 bits per heavy atom. The molecule has 1 heterocycles. The van der Waals surface area contributed by atoms with Crippen molar-refractivity contribution in [1.29, 1.82) is 0 Å². The van der Waals surface area contributed by atoms with E-state index < -0.39 is 0 Å². The molecule has 1 aliphatic heterocycles. The standard InChI is InChI=1S/C13H17NO2/c15-10-12-4-6-13(7-5-12)16-11-14-8-2-1-3-9-14/h4-7,10H,1-3,8-9,11H2. The summed E-state index contributed by atoms with van der Waals surface area (Å²) >= 11 is 0. The second kappa shape index (κ2) is 5.66. The van der Waals surface area contributed by atoms with Gasteiger partial charge in [0.2, 0.25) is 0 Å². The zero-order valence-electron chi connectivity index (χ0n) is 9.39. The van der Waals surface area contributed by atoms with E-state index >= 15 is 0 Å². The summed E-state index contributed by atoms with van der Waals surface area (Å²) in [5.41, 5.74) is 0.685. The molecule has 0 atom stereocenters. The number of nitrogens with zero attached hydrogens (tertiary/aromatic N) is 1. The number of piperidine rings is 1. The molecule has 1 fully saturated rings. The Morgan fingerprint density at radius 1 is 1.12 bits per heavy atom. The van der Waals surface area contributed by atoms with E-state index in [1.807, 2.05) is 12.1 Å². The minimum atomic E-state index is 0.653. The number of aldehydes is 1. The van der Waals surface area contributed by atoms with Gasteiger partial charge in [0.1, 0.15) is 18.8 Å². The van der Waals surface area contributed by atoms with Crippen LogP contribution in [0.4, 0.5) is 0 Å². The van der Waals surface area contributed by atoms with Gasteiger partial charge in [-0.1, -0.05) is 6.42 Å². The van der Waals surface area contributed by atoms with Gasteiger partial charge in [0.15, 0.2) is 0 Å². The van der Waals surface area contributed by atoms with Crippen LogP contribution < -0.4 is 4.74 Å². The van der Waals surface area contributed by atoms with Crippen molar-refractivity contribution in [3.63, 3.8) is 0 Å². The largest absolute Gasteiger partial charge is 0.478 e. The number of hydrogen-bond donors (Lipinski definition) is 0. The van der Waals surface area contributed by atoms with Gasteiger partial charge in [-0.2, -0.15) is 0 Å². The van der Waals surface area contributed by atoms with Gasteiger partial charge in [0, 0.05) is 18.7 Å². The molecule has 1 aliphatic rings. The average molecular weight is 219 g/mol. The zero-order chi connectivity index (χ0) is 11.2. The summed E-state index contributed by atoms with van der Waals surface area (Å²) in [7, 11) is 0. The van der Waals surface area contributed by atoms with Crippen molar-refractivity contribution in [2.75, 3.05) is 19.8 Å². The molecule has 1 saturated heterocycles. The van der Waals surface area contributed by atoms with Crippen LogP contribution in [0.3, 0.4) is 0 Å². The maximum Gasteiger partial charge on any atom is 0.150 e. The minimum Gasteiger partial charge on any atom is -0.478 e. The number of benzene rings is 1. The molecule has 0 bridgehead atoms. The predicted molar refractivity (Wildman–Crippen MR) is 62.7 cm³/mol. The van der Waals surface area contributed by atoms with Gasteiger partial charge in [-0.25, -0.2) is 0 Å². The number of ether oxygens (including phenoxy) is 1. The van der Waals surface area contributed by atoms with E-state index in [4.69, 9.17) is 4.74 Å². The average Bonchev–Trinajstić information content (AvgIpc) is 2.38. The van der Waals surface area contributed by atoms with E-state index in [0.717, 1.165) is 25.1 Å². The minimum absolute atomic E-state index is 0.653. The number of likely N-dealkylation sites (tertiary alicyclic amines) is 1. The predicted octanol–water partition coefficient (Wildman–Crippen LogP) is 2.32. The molecule has 0 aliphatic carbocycles. The molecule has 1 aromatic rings. The van der Waals surface area contributed by atoms with E-state index in [2.05, 4.69) is 4.90 Å². The highest BCUT2D eigenvalue weighted by atomic mass is 16.5. The molecule has 0 saturated carbocycles. The maximum absolute atomic E-state index is 10.5. The lowest BCUT2D eigenvalue weighted by Gasteiger charge is -2.26. The highest BCUT2D eigenvalue weighted by Gasteiger charge is 2.09. The molecular weight excluding hydrogens is 202 g/mol. The van der Waals surface area contributed by atoms with Crippen molar-refractivity contribution in [1.82, 2.24) is 4.90 Å². The van der Waals surface area contributed by atoms with Gasteiger partial charge >= 0.3 is 0 Å². The third-order valence-corrected chi connectivity index (χ3v) is 2.88. The molecule has 86 valence electrons. The first kappa shape index (κ1) is 11.1. The maximum atomic E-state index is 10.5.